The minimum absolute atomic E-state index is 1.37. The Morgan fingerprint density at radius 2 is 1.33 bits per heavy atom. The molecule has 0 aromatic heterocycles. The Kier molecular flexibility index (Phi) is 1.95. The number of primary amides is 2. The van der Waals surface area contributed by atoms with Crippen LogP contribution in [0.4, 0.5) is 9.59 Å². The Bertz CT molecular complexity index is 181. The van der Waals surface area contributed by atoms with Crippen LogP contribution in [-0.4, -0.2) is 11.3 Å². The summed E-state index contributed by atoms with van der Waals surface area (Å²) in [5.74, 6) is 0. The van der Waals surface area contributed by atoms with E-state index in [9.17, 15) is 14.2 Å². The fraction of sp³-hybridized carbons (Fsp3) is 0. The third kappa shape index (κ3) is 1.51. The van der Waals surface area contributed by atoms with Crippen molar-refractivity contribution in [2.45, 2.75) is 0 Å². The third-order valence-corrected chi connectivity index (χ3v) is 1.96. The summed E-state index contributed by atoms with van der Waals surface area (Å²) >= 11 is 0. The molecule has 0 aromatic carbocycles. The maximum atomic E-state index is 10.4. The van der Waals surface area contributed by atoms with Gasteiger partial charge in [-0.3, -0.25) is 19.7 Å². The molecular weight excluding hydrogens is 145 g/mol. The standard InChI is InChI=1S/C2H6N3O3P/c3-1(6)9(5,8)2(4)7/h(H2,3,6)(H2,4,7)(H2,5,8). The van der Waals surface area contributed by atoms with Gasteiger partial charge >= 0.3 is 7.29 Å². The van der Waals surface area contributed by atoms with Crippen molar-refractivity contribution in [3.63, 3.8) is 0 Å². The Morgan fingerprint density at radius 3 is 1.33 bits per heavy atom. The van der Waals surface area contributed by atoms with Gasteiger partial charge in [-0.05, 0) is 0 Å². The zero-order valence-corrected chi connectivity index (χ0v) is 5.30. The number of amides is 2. The van der Waals surface area contributed by atoms with Crippen LogP contribution in [0.2, 0.25) is 0 Å². The Hall–Kier alpha value is -0.870. The minimum Gasteiger partial charge on any atom is -0.362 e. The molecule has 0 unspecified atom stereocenters. The van der Waals surface area contributed by atoms with Gasteiger partial charge in [0.15, 0.2) is 0 Å². The quantitative estimate of drug-likeness (QED) is 0.454. The van der Waals surface area contributed by atoms with Crippen LogP contribution in [0.1, 0.15) is 0 Å². The first-order valence-corrected chi connectivity index (χ1v) is 3.65. The van der Waals surface area contributed by atoms with Gasteiger partial charge in [0, 0.05) is 0 Å². The van der Waals surface area contributed by atoms with E-state index in [1.807, 2.05) is 0 Å². The second-order valence-corrected chi connectivity index (χ2v) is 3.53. The molecule has 0 heterocycles. The van der Waals surface area contributed by atoms with Gasteiger partial charge in [0.25, 0.3) is 11.3 Å². The first-order valence-electron chi connectivity index (χ1n) is 1.87. The summed E-state index contributed by atoms with van der Waals surface area (Å²) in [7, 11) is -4.06. The van der Waals surface area contributed by atoms with Crippen LogP contribution in [0, 0.1) is 0 Å². The Labute approximate surface area is 50.8 Å². The first kappa shape index (κ1) is 8.13. The molecule has 7 heteroatoms. The van der Waals surface area contributed by atoms with Gasteiger partial charge in [-0.1, -0.05) is 0 Å². The lowest BCUT2D eigenvalue weighted by Crippen LogP contribution is -2.25. The summed E-state index contributed by atoms with van der Waals surface area (Å²) in [5.41, 5.74) is 10.8. The second kappa shape index (κ2) is 2.16. The van der Waals surface area contributed by atoms with Gasteiger partial charge in [0.05, 0.1) is 0 Å². The van der Waals surface area contributed by atoms with Crippen molar-refractivity contribution in [2.75, 3.05) is 0 Å². The number of hydrogen-bond acceptors (Lipinski definition) is 3. The molecule has 0 rings (SSSR count). The van der Waals surface area contributed by atoms with Gasteiger partial charge < -0.3 is 11.5 Å². The lowest BCUT2D eigenvalue weighted by molar-refractivity contribution is 0.260. The number of carbonyl (C=O) groups is 2. The molecule has 0 bridgehead atoms. The van der Waals surface area contributed by atoms with Crippen LogP contribution in [0.15, 0.2) is 0 Å². The molecule has 9 heavy (non-hydrogen) atoms. The molecule has 0 saturated carbocycles. The van der Waals surface area contributed by atoms with Crippen molar-refractivity contribution < 1.29 is 14.2 Å². The molecule has 6 N–H and O–H groups in total. The highest BCUT2D eigenvalue weighted by atomic mass is 31.2. The van der Waals surface area contributed by atoms with E-state index < -0.39 is 18.6 Å². The Morgan fingerprint density at radius 1 is 1.11 bits per heavy atom. The highest BCUT2D eigenvalue weighted by molar-refractivity contribution is 7.92. The molecule has 2 amide bonds. The topological polar surface area (TPSA) is 129 Å². The molecular formula is C2H6N3O3P. The van der Waals surface area contributed by atoms with Gasteiger partial charge in [-0.15, -0.1) is 0 Å². The van der Waals surface area contributed by atoms with Crippen LogP contribution in [-0.2, 0) is 4.57 Å². The average Bonchev–Trinajstić information content (AvgIpc) is 1.65. The van der Waals surface area contributed by atoms with Crippen LogP contribution >= 0.6 is 7.29 Å². The fourth-order valence-corrected chi connectivity index (χ4v) is 0.326. The minimum atomic E-state index is -4.06. The van der Waals surface area contributed by atoms with E-state index in [4.69, 9.17) is 0 Å². The van der Waals surface area contributed by atoms with Crippen molar-refractivity contribution in [3.05, 3.63) is 0 Å². The van der Waals surface area contributed by atoms with Gasteiger partial charge in [-0.2, -0.15) is 0 Å². The molecule has 0 aliphatic rings. The molecule has 0 radical (unpaired) electrons. The molecule has 6 nitrogen and oxygen atoms in total. The number of hydrogen-bond donors (Lipinski definition) is 3. The number of nitrogens with two attached hydrogens (primary N) is 3. The second-order valence-electron chi connectivity index (χ2n) is 1.33. The molecule has 0 aromatic rings. The summed E-state index contributed by atoms with van der Waals surface area (Å²) < 4.78 is 10.4. The predicted molar refractivity (Wildman–Crippen MR) is 31.0 cm³/mol. The van der Waals surface area contributed by atoms with E-state index in [0.717, 1.165) is 0 Å². The van der Waals surface area contributed by atoms with Crippen LogP contribution < -0.4 is 17.0 Å². The monoisotopic (exact) mass is 151 g/mol. The fourth-order valence-electron chi connectivity index (χ4n) is 0.109. The zero-order chi connectivity index (χ0) is 7.65. The van der Waals surface area contributed by atoms with E-state index in [2.05, 4.69) is 17.0 Å². The summed E-state index contributed by atoms with van der Waals surface area (Å²) in [6, 6.07) is 0. The molecule has 0 fully saturated rings. The number of carbonyl (C=O) groups excluding carboxylic acids is 2. The highest BCUT2D eigenvalue weighted by Crippen LogP contribution is 2.34. The molecule has 0 spiro atoms. The third-order valence-electron chi connectivity index (χ3n) is 0.655. The van der Waals surface area contributed by atoms with Gasteiger partial charge in [-0.25, -0.2) is 0 Å². The molecule has 0 aliphatic carbocycles. The maximum Gasteiger partial charge on any atom is 0.312 e. The van der Waals surface area contributed by atoms with Crippen LogP contribution in [0.3, 0.4) is 0 Å². The molecule has 0 aliphatic heterocycles. The van der Waals surface area contributed by atoms with Crippen molar-refractivity contribution in [3.8, 4) is 0 Å². The Balaban J connectivity index is 4.61. The van der Waals surface area contributed by atoms with E-state index >= 15 is 0 Å². The summed E-state index contributed by atoms with van der Waals surface area (Å²) in [4.78, 5) is 20.0. The SMILES string of the molecule is NC(=O)P(N)(=O)C(N)=O. The molecule has 0 atom stereocenters. The van der Waals surface area contributed by atoms with Crippen molar-refractivity contribution >= 4 is 18.6 Å². The lowest BCUT2D eigenvalue weighted by Gasteiger charge is -1.99. The van der Waals surface area contributed by atoms with Crippen LogP contribution in [0.5, 0.6) is 0 Å². The summed E-state index contributed by atoms with van der Waals surface area (Å²) in [6.45, 7) is 0. The van der Waals surface area contributed by atoms with E-state index in [1.54, 1.807) is 0 Å². The van der Waals surface area contributed by atoms with Crippen molar-refractivity contribution in [1.82, 2.24) is 0 Å². The van der Waals surface area contributed by atoms with Crippen molar-refractivity contribution in [2.24, 2.45) is 17.0 Å². The summed E-state index contributed by atoms with van der Waals surface area (Å²) in [6.07, 6.45) is 0. The van der Waals surface area contributed by atoms with E-state index in [1.165, 1.54) is 0 Å². The molecule has 0 saturated heterocycles. The van der Waals surface area contributed by atoms with E-state index in [0.29, 0.717) is 0 Å². The average molecular weight is 151 g/mol. The lowest BCUT2D eigenvalue weighted by atomic mass is 11.4. The van der Waals surface area contributed by atoms with E-state index in [-0.39, 0.29) is 0 Å². The van der Waals surface area contributed by atoms with Gasteiger partial charge in [0.2, 0.25) is 0 Å². The molecule has 52 valence electrons. The zero-order valence-electron chi connectivity index (χ0n) is 4.40. The van der Waals surface area contributed by atoms with Crippen molar-refractivity contribution in [1.29, 1.82) is 0 Å². The van der Waals surface area contributed by atoms with Gasteiger partial charge in [0.1, 0.15) is 0 Å². The smallest absolute Gasteiger partial charge is 0.312 e. The summed E-state index contributed by atoms with van der Waals surface area (Å²) in [5, 5.41) is 0. The first-order chi connectivity index (χ1) is 3.89. The highest BCUT2D eigenvalue weighted by Gasteiger charge is 2.30. The normalized spacial score (nSPS) is 10.8. The maximum absolute atomic E-state index is 10.4. The van der Waals surface area contributed by atoms with Crippen LogP contribution in [0.25, 0.3) is 0 Å². The predicted octanol–water partition coefficient (Wildman–Crippen LogP) is -0.619. The number of rotatable bonds is 2. The largest absolute Gasteiger partial charge is 0.362 e.